The lowest BCUT2D eigenvalue weighted by molar-refractivity contribution is -0.121. The number of carbonyl (C=O) groups is 1. The highest BCUT2D eigenvalue weighted by Gasteiger charge is 2.28. The zero-order chi connectivity index (χ0) is 20.0. The Bertz CT molecular complexity index is 929. The Morgan fingerprint density at radius 1 is 1.22 bits per heavy atom. The SMILES string of the molecule is COc1cccc(/C=N\NC(=O)[C@H](C)N(c2ccccc2)S(C)(=O)=O)c1O. The topological polar surface area (TPSA) is 108 Å². The molecule has 27 heavy (non-hydrogen) atoms. The average molecular weight is 391 g/mol. The van der Waals surface area contributed by atoms with E-state index in [2.05, 4.69) is 10.5 Å². The summed E-state index contributed by atoms with van der Waals surface area (Å²) in [5.74, 6) is -0.470. The average Bonchev–Trinajstić information content (AvgIpc) is 2.62. The van der Waals surface area contributed by atoms with E-state index < -0.39 is 22.0 Å². The summed E-state index contributed by atoms with van der Waals surface area (Å²) >= 11 is 0. The van der Waals surface area contributed by atoms with E-state index >= 15 is 0 Å². The number of benzene rings is 2. The number of rotatable bonds is 7. The van der Waals surface area contributed by atoms with E-state index in [1.165, 1.54) is 20.2 Å². The number of amides is 1. The van der Waals surface area contributed by atoms with E-state index in [-0.39, 0.29) is 11.5 Å². The van der Waals surface area contributed by atoms with Gasteiger partial charge in [-0.25, -0.2) is 13.8 Å². The molecule has 8 nitrogen and oxygen atoms in total. The van der Waals surface area contributed by atoms with Crippen molar-refractivity contribution in [1.82, 2.24) is 5.43 Å². The molecule has 0 aliphatic heterocycles. The summed E-state index contributed by atoms with van der Waals surface area (Å²) in [5, 5.41) is 13.8. The van der Waals surface area contributed by atoms with Crippen LogP contribution in [0.15, 0.2) is 53.6 Å². The maximum Gasteiger partial charge on any atom is 0.263 e. The van der Waals surface area contributed by atoms with Crippen molar-refractivity contribution in [3.8, 4) is 11.5 Å². The zero-order valence-electron chi connectivity index (χ0n) is 15.2. The summed E-state index contributed by atoms with van der Waals surface area (Å²) in [6.07, 6.45) is 2.27. The number of para-hydroxylation sites is 2. The number of hydrogen-bond acceptors (Lipinski definition) is 6. The Hall–Kier alpha value is -3.07. The van der Waals surface area contributed by atoms with Gasteiger partial charge < -0.3 is 9.84 Å². The number of ether oxygens (including phenoxy) is 1. The van der Waals surface area contributed by atoms with Crippen LogP contribution in [-0.2, 0) is 14.8 Å². The van der Waals surface area contributed by atoms with Crippen LogP contribution in [0.1, 0.15) is 12.5 Å². The van der Waals surface area contributed by atoms with Gasteiger partial charge in [-0.3, -0.25) is 9.10 Å². The van der Waals surface area contributed by atoms with E-state index in [1.54, 1.807) is 48.5 Å². The van der Waals surface area contributed by atoms with Gasteiger partial charge in [0, 0.05) is 5.56 Å². The maximum atomic E-state index is 12.4. The number of nitrogens with one attached hydrogen (secondary N) is 1. The molecule has 0 aliphatic rings. The summed E-state index contributed by atoms with van der Waals surface area (Å²) < 4.78 is 30.3. The molecule has 0 spiro atoms. The van der Waals surface area contributed by atoms with Gasteiger partial charge >= 0.3 is 0 Å². The highest BCUT2D eigenvalue weighted by Crippen LogP contribution is 2.28. The summed E-state index contributed by atoms with van der Waals surface area (Å²) in [5.41, 5.74) is 3.00. The highest BCUT2D eigenvalue weighted by atomic mass is 32.2. The standard InChI is InChI=1S/C18H21N3O5S/c1-13(21(27(3,24)25)15-9-5-4-6-10-15)18(23)20-19-12-14-8-7-11-16(26-2)17(14)22/h4-13,22H,1-3H3,(H,20,23)/b19-12-/t13-/m0/s1. The number of aromatic hydroxyl groups is 1. The number of hydrogen-bond donors (Lipinski definition) is 2. The molecule has 2 aromatic carbocycles. The molecule has 0 radical (unpaired) electrons. The quantitative estimate of drug-likeness (QED) is 0.552. The number of carbonyl (C=O) groups excluding carboxylic acids is 1. The van der Waals surface area contributed by atoms with Gasteiger partial charge in [-0.05, 0) is 31.2 Å². The van der Waals surface area contributed by atoms with Gasteiger partial charge in [-0.15, -0.1) is 0 Å². The molecule has 0 saturated heterocycles. The molecule has 0 heterocycles. The third-order valence-corrected chi connectivity index (χ3v) is 4.97. The van der Waals surface area contributed by atoms with Crippen molar-refractivity contribution in [2.45, 2.75) is 13.0 Å². The molecule has 2 rings (SSSR count). The molecule has 2 N–H and O–H groups in total. The molecule has 0 unspecified atom stereocenters. The Morgan fingerprint density at radius 3 is 2.48 bits per heavy atom. The molecule has 1 amide bonds. The number of methoxy groups -OCH3 is 1. The Morgan fingerprint density at radius 2 is 1.89 bits per heavy atom. The third kappa shape index (κ3) is 4.98. The Kier molecular flexibility index (Phi) is 6.40. The molecular formula is C18H21N3O5S. The van der Waals surface area contributed by atoms with Gasteiger partial charge in [0.25, 0.3) is 5.91 Å². The number of hydrazone groups is 1. The predicted octanol–water partition coefficient (Wildman–Crippen LogP) is 1.71. The van der Waals surface area contributed by atoms with Crippen LogP contribution in [0.2, 0.25) is 0 Å². The van der Waals surface area contributed by atoms with Crippen molar-refractivity contribution in [2.75, 3.05) is 17.7 Å². The first-order valence-corrected chi connectivity index (χ1v) is 9.84. The number of sulfonamides is 1. The number of anilines is 1. The van der Waals surface area contributed by atoms with Crippen molar-refractivity contribution in [1.29, 1.82) is 0 Å². The van der Waals surface area contributed by atoms with Crippen molar-refractivity contribution < 1.29 is 23.1 Å². The summed E-state index contributed by atoms with van der Waals surface area (Å²) in [6.45, 7) is 1.46. The number of phenolic OH excluding ortho intramolecular Hbond substituents is 1. The van der Waals surface area contributed by atoms with E-state index in [0.29, 0.717) is 11.3 Å². The first kappa shape index (κ1) is 20.2. The van der Waals surface area contributed by atoms with Crippen LogP contribution in [0.3, 0.4) is 0 Å². The summed E-state index contributed by atoms with van der Waals surface area (Å²) in [6, 6.07) is 12.1. The lowest BCUT2D eigenvalue weighted by atomic mass is 10.2. The minimum atomic E-state index is -3.69. The molecule has 0 bridgehead atoms. The van der Waals surface area contributed by atoms with Crippen molar-refractivity contribution in [3.63, 3.8) is 0 Å². The first-order valence-electron chi connectivity index (χ1n) is 7.99. The smallest absolute Gasteiger partial charge is 0.263 e. The molecule has 0 aliphatic carbocycles. The maximum absolute atomic E-state index is 12.4. The van der Waals surface area contributed by atoms with Crippen LogP contribution < -0.4 is 14.5 Å². The monoisotopic (exact) mass is 391 g/mol. The van der Waals surface area contributed by atoms with Crippen LogP contribution in [0.5, 0.6) is 11.5 Å². The Balaban J connectivity index is 2.17. The lowest BCUT2D eigenvalue weighted by Gasteiger charge is -2.27. The molecule has 0 saturated carbocycles. The van der Waals surface area contributed by atoms with E-state index in [4.69, 9.17) is 4.74 Å². The van der Waals surface area contributed by atoms with Gasteiger partial charge in [0.1, 0.15) is 6.04 Å². The normalized spacial score (nSPS) is 12.6. The summed E-state index contributed by atoms with van der Waals surface area (Å²) in [7, 11) is -2.27. The van der Waals surface area contributed by atoms with Gasteiger partial charge in [-0.1, -0.05) is 24.3 Å². The highest BCUT2D eigenvalue weighted by molar-refractivity contribution is 7.92. The first-order chi connectivity index (χ1) is 12.8. The van der Waals surface area contributed by atoms with Crippen molar-refractivity contribution in [3.05, 3.63) is 54.1 Å². The molecule has 1 atom stereocenters. The lowest BCUT2D eigenvalue weighted by Crippen LogP contribution is -2.46. The molecule has 144 valence electrons. The van der Waals surface area contributed by atoms with Gasteiger partial charge in [-0.2, -0.15) is 5.10 Å². The fraction of sp³-hybridized carbons (Fsp3) is 0.222. The van der Waals surface area contributed by atoms with E-state index in [9.17, 15) is 18.3 Å². The van der Waals surface area contributed by atoms with Crippen molar-refractivity contribution >= 4 is 27.8 Å². The predicted molar refractivity (Wildman–Crippen MR) is 104 cm³/mol. The zero-order valence-corrected chi connectivity index (χ0v) is 16.0. The third-order valence-electron chi connectivity index (χ3n) is 3.73. The van der Waals surface area contributed by atoms with Gasteiger partial charge in [0.2, 0.25) is 10.0 Å². The molecular weight excluding hydrogens is 370 g/mol. The second-order valence-corrected chi connectivity index (χ2v) is 7.56. The van der Waals surface area contributed by atoms with E-state index in [1.807, 2.05) is 0 Å². The van der Waals surface area contributed by atoms with Crippen molar-refractivity contribution in [2.24, 2.45) is 5.10 Å². The Labute approximate surface area is 158 Å². The minimum absolute atomic E-state index is 0.118. The number of phenols is 1. The summed E-state index contributed by atoms with van der Waals surface area (Å²) in [4.78, 5) is 12.4. The minimum Gasteiger partial charge on any atom is -0.504 e. The molecule has 0 aromatic heterocycles. The molecule has 0 fully saturated rings. The van der Waals surface area contributed by atoms with E-state index in [0.717, 1.165) is 10.6 Å². The van der Waals surface area contributed by atoms with Gasteiger partial charge in [0.15, 0.2) is 11.5 Å². The van der Waals surface area contributed by atoms with Crippen LogP contribution in [0, 0.1) is 0 Å². The van der Waals surface area contributed by atoms with Crippen LogP contribution >= 0.6 is 0 Å². The fourth-order valence-electron chi connectivity index (χ4n) is 2.45. The fourth-order valence-corrected chi connectivity index (χ4v) is 3.63. The molecule has 2 aromatic rings. The number of nitrogens with zero attached hydrogens (tertiary/aromatic N) is 2. The van der Waals surface area contributed by atoms with Crippen LogP contribution in [0.25, 0.3) is 0 Å². The van der Waals surface area contributed by atoms with Gasteiger partial charge in [0.05, 0.1) is 25.3 Å². The second-order valence-electron chi connectivity index (χ2n) is 5.70. The van der Waals surface area contributed by atoms with Crippen LogP contribution in [-0.4, -0.2) is 45.1 Å². The van der Waals surface area contributed by atoms with Crippen LogP contribution in [0.4, 0.5) is 5.69 Å². The second kappa shape index (κ2) is 8.54. The molecule has 9 heteroatoms. The largest absolute Gasteiger partial charge is 0.504 e.